The Morgan fingerprint density at radius 2 is 1.96 bits per heavy atom. The number of carbonyl (C=O) groups excluding carboxylic acids is 1. The van der Waals surface area contributed by atoms with Crippen LogP contribution in [0.3, 0.4) is 0 Å². The SMILES string of the molecule is CN(CCc1cccs1)C(=O)c1ccc(N2CCC(O)CC2)cc1. The molecule has 1 aliphatic rings. The van der Waals surface area contributed by atoms with Crippen LogP contribution >= 0.6 is 11.3 Å². The number of thiophene rings is 1. The molecule has 1 aromatic heterocycles. The predicted molar refractivity (Wildman–Crippen MR) is 98.9 cm³/mol. The van der Waals surface area contributed by atoms with Crippen molar-refractivity contribution in [1.82, 2.24) is 4.90 Å². The van der Waals surface area contributed by atoms with E-state index in [0.29, 0.717) is 0 Å². The van der Waals surface area contributed by atoms with Gasteiger partial charge in [0.1, 0.15) is 0 Å². The second kappa shape index (κ2) is 7.81. The van der Waals surface area contributed by atoms with E-state index in [0.717, 1.165) is 50.1 Å². The molecular weight excluding hydrogens is 320 g/mol. The smallest absolute Gasteiger partial charge is 0.253 e. The van der Waals surface area contributed by atoms with E-state index < -0.39 is 0 Å². The van der Waals surface area contributed by atoms with E-state index >= 15 is 0 Å². The molecule has 1 amide bonds. The lowest BCUT2D eigenvalue weighted by atomic mass is 10.1. The van der Waals surface area contributed by atoms with Crippen LogP contribution in [0.4, 0.5) is 5.69 Å². The summed E-state index contributed by atoms with van der Waals surface area (Å²) in [6.07, 6.45) is 2.35. The predicted octanol–water partition coefficient (Wildman–Crippen LogP) is 3.02. The number of nitrogens with zero attached hydrogens (tertiary/aromatic N) is 2. The number of amides is 1. The number of piperidine rings is 1. The number of anilines is 1. The number of hydrogen-bond acceptors (Lipinski definition) is 4. The van der Waals surface area contributed by atoms with Crippen molar-refractivity contribution < 1.29 is 9.90 Å². The van der Waals surface area contributed by atoms with E-state index in [1.54, 1.807) is 16.2 Å². The Morgan fingerprint density at radius 3 is 2.58 bits per heavy atom. The van der Waals surface area contributed by atoms with Crippen molar-refractivity contribution in [1.29, 1.82) is 0 Å². The molecule has 2 heterocycles. The monoisotopic (exact) mass is 344 g/mol. The van der Waals surface area contributed by atoms with Crippen molar-refractivity contribution in [3.63, 3.8) is 0 Å². The van der Waals surface area contributed by atoms with Gasteiger partial charge < -0.3 is 14.9 Å². The van der Waals surface area contributed by atoms with Gasteiger partial charge >= 0.3 is 0 Å². The standard InChI is InChI=1S/C19H24N2O2S/c1-20(11-10-18-3-2-14-24-18)19(23)15-4-6-16(7-5-15)21-12-8-17(22)9-13-21/h2-7,14,17,22H,8-13H2,1H3. The van der Waals surface area contributed by atoms with Crippen LogP contribution in [0.2, 0.25) is 0 Å². The number of aliphatic hydroxyl groups excluding tert-OH is 1. The lowest BCUT2D eigenvalue weighted by Crippen LogP contribution is -2.35. The normalized spacial score (nSPS) is 15.5. The van der Waals surface area contributed by atoms with Gasteiger partial charge in [0.05, 0.1) is 6.10 Å². The molecule has 0 radical (unpaired) electrons. The fourth-order valence-electron chi connectivity index (χ4n) is 2.99. The van der Waals surface area contributed by atoms with Gasteiger partial charge in [-0.2, -0.15) is 0 Å². The second-order valence-electron chi connectivity index (χ2n) is 6.32. The number of likely N-dealkylation sites (N-methyl/N-ethyl adjacent to an activating group) is 1. The molecule has 0 unspecified atom stereocenters. The highest BCUT2D eigenvalue weighted by Gasteiger charge is 2.18. The summed E-state index contributed by atoms with van der Waals surface area (Å²) in [5.74, 6) is 0.0622. The highest BCUT2D eigenvalue weighted by Crippen LogP contribution is 2.21. The summed E-state index contributed by atoms with van der Waals surface area (Å²) < 4.78 is 0. The molecule has 1 aliphatic heterocycles. The van der Waals surface area contributed by atoms with Gasteiger partial charge in [0.15, 0.2) is 0 Å². The van der Waals surface area contributed by atoms with Crippen LogP contribution in [-0.4, -0.2) is 48.7 Å². The maximum Gasteiger partial charge on any atom is 0.253 e. The van der Waals surface area contributed by atoms with Gasteiger partial charge in [-0.25, -0.2) is 0 Å². The van der Waals surface area contributed by atoms with Crippen LogP contribution in [0, 0.1) is 0 Å². The van der Waals surface area contributed by atoms with Crippen LogP contribution in [0.15, 0.2) is 41.8 Å². The fraction of sp³-hybridized carbons (Fsp3) is 0.421. The topological polar surface area (TPSA) is 43.8 Å². The van der Waals surface area contributed by atoms with Gasteiger partial charge in [-0.05, 0) is 55.0 Å². The third-order valence-electron chi connectivity index (χ3n) is 4.56. The average Bonchev–Trinajstić information content (AvgIpc) is 3.13. The number of benzene rings is 1. The van der Waals surface area contributed by atoms with Gasteiger partial charge in [-0.3, -0.25) is 4.79 Å². The summed E-state index contributed by atoms with van der Waals surface area (Å²) in [5, 5.41) is 11.7. The third-order valence-corrected chi connectivity index (χ3v) is 5.50. The first kappa shape index (κ1) is 17.0. The molecule has 3 rings (SSSR count). The Morgan fingerprint density at radius 1 is 1.25 bits per heavy atom. The fourth-order valence-corrected chi connectivity index (χ4v) is 3.69. The summed E-state index contributed by atoms with van der Waals surface area (Å²) in [4.78, 5) is 17.9. The summed E-state index contributed by atoms with van der Waals surface area (Å²) in [6.45, 7) is 2.47. The molecule has 0 spiro atoms. The van der Waals surface area contributed by atoms with E-state index in [1.807, 2.05) is 37.4 Å². The highest BCUT2D eigenvalue weighted by atomic mass is 32.1. The molecule has 1 N–H and O–H groups in total. The molecule has 5 heteroatoms. The Kier molecular flexibility index (Phi) is 5.53. The Hall–Kier alpha value is -1.85. The summed E-state index contributed by atoms with van der Waals surface area (Å²) in [6, 6.07) is 12.0. The molecule has 2 aromatic rings. The van der Waals surface area contributed by atoms with Crippen molar-refractivity contribution in [3.05, 3.63) is 52.2 Å². The minimum Gasteiger partial charge on any atom is -0.393 e. The van der Waals surface area contributed by atoms with Crippen molar-refractivity contribution >= 4 is 22.9 Å². The lowest BCUT2D eigenvalue weighted by Gasteiger charge is -2.31. The minimum atomic E-state index is -0.168. The first-order valence-corrected chi connectivity index (χ1v) is 9.32. The zero-order valence-electron chi connectivity index (χ0n) is 14.0. The Labute approximate surface area is 147 Å². The number of hydrogen-bond donors (Lipinski definition) is 1. The van der Waals surface area contributed by atoms with E-state index in [4.69, 9.17) is 0 Å². The molecule has 128 valence electrons. The molecule has 0 aliphatic carbocycles. The Balaban J connectivity index is 1.57. The summed E-state index contributed by atoms with van der Waals surface area (Å²) in [5.41, 5.74) is 1.85. The van der Waals surface area contributed by atoms with Gasteiger partial charge in [-0.1, -0.05) is 6.07 Å². The van der Waals surface area contributed by atoms with Gasteiger partial charge in [-0.15, -0.1) is 11.3 Å². The highest BCUT2D eigenvalue weighted by molar-refractivity contribution is 7.09. The summed E-state index contributed by atoms with van der Waals surface area (Å²) in [7, 11) is 1.86. The number of carbonyl (C=O) groups is 1. The molecular formula is C19H24N2O2S. The first-order valence-electron chi connectivity index (χ1n) is 8.44. The zero-order valence-corrected chi connectivity index (χ0v) is 14.8. The van der Waals surface area contributed by atoms with Crippen molar-refractivity contribution in [2.24, 2.45) is 0 Å². The molecule has 0 atom stereocenters. The quantitative estimate of drug-likeness (QED) is 0.907. The van der Waals surface area contributed by atoms with Crippen LogP contribution < -0.4 is 4.90 Å². The van der Waals surface area contributed by atoms with E-state index in [9.17, 15) is 9.90 Å². The number of aliphatic hydroxyl groups is 1. The third kappa shape index (κ3) is 4.16. The van der Waals surface area contributed by atoms with Crippen LogP contribution in [-0.2, 0) is 6.42 Å². The Bertz CT molecular complexity index is 647. The van der Waals surface area contributed by atoms with E-state index in [2.05, 4.69) is 16.3 Å². The van der Waals surface area contributed by atoms with Crippen LogP contribution in [0.25, 0.3) is 0 Å². The largest absolute Gasteiger partial charge is 0.393 e. The van der Waals surface area contributed by atoms with Crippen molar-refractivity contribution in [2.45, 2.75) is 25.4 Å². The molecule has 1 saturated heterocycles. The molecule has 1 fully saturated rings. The van der Waals surface area contributed by atoms with Crippen LogP contribution in [0.5, 0.6) is 0 Å². The van der Waals surface area contributed by atoms with Gasteiger partial charge in [0.25, 0.3) is 5.91 Å². The first-order chi connectivity index (χ1) is 11.6. The molecule has 0 saturated carbocycles. The molecule has 0 bridgehead atoms. The zero-order chi connectivity index (χ0) is 16.9. The minimum absolute atomic E-state index is 0.0622. The van der Waals surface area contributed by atoms with E-state index in [1.165, 1.54) is 4.88 Å². The van der Waals surface area contributed by atoms with Crippen molar-refractivity contribution in [3.8, 4) is 0 Å². The molecule has 4 nitrogen and oxygen atoms in total. The lowest BCUT2D eigenvalue weighted by molar-refractivity contribution is 0.0797. The second-order valence-corrected chi connectivity index (χ2v) is 7.35. The van der Waals surface area contributed by atoms with Gasteiger partial charge in [0, 0.05) is 42.8 Å². The summed E-state index contributed by atoms with van der Waals surface area (Å²) >= 11 is 1.73. The number of rotatable bonds is 5. The molecule has 24 heavy (non-hydrogen) atoms. The van der Waals surface area contributed by atoms with Gasteiger partial charge in [0.2, 0.25) is 0 Å². The van der Waals surface area contributed by atoms with E-state index in [-0.39, 0.29) is 12.0 Å². The molecule has 1 aromatic carbocycles. The maximum absolute atomic E-state index is 12.5. The van der Waals surface area contributed by atoms with Crippen molar-refractivity contribution in [2.75, 3.05) is 31.6 Å². The average molecular weight is 344 g/mol. The van der Waals surface area contributed by atoms with Crippen LogP contribution in [0.1, 0.15) is 28.1 Å². The maximum atomic E-state index is 12.5.